The van der Waals surface area contributed by atoms with Crippen LogP contribution in [0.15, 0.2) is 0 Å². The van der Waals surface area contributed by atoms with E-state index in [-0.39, 0.29) is 0 Å². The molecule has 1 aliphatic rings. The van der Waals surface area contributed by atoms with Gasteiger partial charge in [-0.2, -0.15) is 0 Å². The molecule has 1 aliphatic heterocycles. The van der Waals surface area contributed by atoms with Crippen LogP contribution in [0.3, 0.4) is 0 Å². The monoisotopic (exact) mass is 200 g/mol. The fourth-order valence-electron chi connectivity index (χ4n) is 0.157. The average molecular weight is 201 g/mol. The van der Waals surface area contributed by atoms with Gasteiger partial charge in [-0.25, -0.2) is 0 Å². The van der Waals surface area contributed by atoms with Gasteiger partial charge < -0.3 is 9.84 Å². The van der Waals surface area contributed by atoms with Crippen molar-refractivity contribution in [2.24, 2.45) is 0 Å². The quantitative estimate of drug-likeness (QED) is 0.541. The van der Waals surface area contributed by atoms with Gasteiger partial charge in [-0.3, -0.25) is 4.79 Å². The first-order valence-corrected chi connectivity index (χ1v) is 4.09. The molecule has 3 nitrogen and oxygen atoms in total. The number of hydrogen-bond acceptors (Lipinski definition) is 2. The van der Waals surface area contributed by atoms with E-state index in [2.05, 4.69) is 0 Å². The molecule has 0 aromatic carbocycles. The molecule has 5 heteroatoms. The first kappa shape index (κ1) is 11.0. The van der Waals surface area contributed by atoms with Gasteiger partial charge in [0.2, 0.25) is 0 Å². The summed E-state index contributed by atoms with van der Waals surface area (Å²) in [6.45, 7) is 2.29. The largest absolute Gasteiger partial charge is 0.480 e. The van der Waals surface area contributed by atoms with Crippen LogP contribution in [-0.2, 0) is 9.53 Å². The Balaban J connectivity index is 0.000000183. The lowest BCUT2D eigenvalue weighted by Gasteiger charge is -1.86. The molecule has 0 bridgehead atoms. The smallest absolute Gasteiger partial charge is 0.321 e. The van der Waals surface area contributed by atoms with E-state index in [4.69, 9.17) is 33.0 Å². The summed E-state index contributed by atoms with van der Waals surface area (Å²) in [5, 5.41) is 7.10. The number of halogens is 2. The highest BCUT2D eigenvalue weighted by Gasteiger charge is 2.19. The molecule has 66 valence electrons. The van der Waals surface area contributed by atoms with E-state index in [9.17, 15) is 4.79 Å². The molecule has 1 heterocycles. The summed E-state index contributed by atoms with van der Waals surface area (Å²) >= 11 is 10.3. The van der Waals surface area contributed by atoms with Gasteiger partial charge >= 0.3 is 5.97 Å². The molecule has 1 rings (SSSR count). The molecule has 11 heavy (non-hydrogen) atoms. The summed E-state index contributed by atoms with van der Waals surface area (Å²) in [4.78, 5) is 9.57. The number of rotatable bonds is 2. The first-order chi connectivity index (χ1) is 5.07. The Morgan fingerprint density at radius 1 is 1.91 bits per heavy atom. The van der Waals surface area contributed by atoms with Crippen molar-refractivity contribution in [3.05, 3.63) is 0 Å². The van der Waals surface area contributed by atoms with Crippen molar-refractivity contribution in [2.45, 2.75) is 18.4 Å². The van der Waals surface area contributed by atoms with E-state index in [1.807, 2.05) is 0 Å². The Kier molecular flexibility index (Phi) is 5.64. The normalized spacial score (nSPS) is 23.0. The Morgan fingerprint density at radius 2 is 2.27 bits per heavy atom. The van der Waals surface area contributed by atoms with E-state index in [1.54, 1.807) is 0 Å². The zero-order valence-electron chi connectivity index (χ0n) is 6.09. The van der Waals surface area contributed by atoms with Crippen molar-refractivity contribution in [3.8, 4) is 0 Å². The van der Waals surface area contributed by atoms with Crippen LogP contribution in [-0.4, -0.2) is 35.0 Å². The van der Waals surface area contributed by atoms with Crippen molar-refractivity contribution < 1.29 is 14.6 Å². The SMILES string of the molecule is CC(Cl)C(=O)O.ClCC1CO1. The molecule has 0 aromatic heterocycles. The van der Waals surface area contributed by atoms with Gasteiger partial charge in [0, 0.05) is 0 Å². The van der Waals surface area contributed by atoms with Crippen LogP contribution in [0.1, 0.15) is 6.92 Å². The summed E-state index contributed by atoms with van der Waals surface area (Å²) in [5.41, 5.74) is 0. The lowest BCUT2D eigenvalue weighted by molar-refractivity contribution is -0.136. The van der Waals surface area contributed by atoms with Crippen molar-refractivity contribution >= 4 is 29.2 Å². The molecule has 2 atom stereocenters. The van der Waals surface area contributed by atoms with Crippen LogP contribution in [0.5, 0.6) is 0 Å². The van der Waals surface area contributed by atoms with Gasteiger partial charge in [0.05, 0.1) is 18.6 Å². The number of epoxide rings is 1. The van der Waals surface area contributed by atoms with Crippen molar-refractivity contribution in [1.82, 2.24) is 0 Å². The maximum absolute atomic E-state index is 9.57. The van der Waals surface area contributed by atoms with Gasteiger partial charge in [-0.1, -0.05) is 0 Å². The van der Waals surface area contributed by atoms with E-state index >= 15 is 0 Å². The third-order valence-electron chi connectivity index (χ3n) is 0.915. The summed E-state index contributed by atoms with van der Waals surface area (Å²) in [6, 6.07) is 0. The summed E-state index contributed by atoms with van der Waals surface area (Å²) < 4.78 is 4.73. The second-order valence-corrected chi connectivity index (χ2v) is 3.03. The minimum Gasteiger partial charge on any atom is -0.480 e. The fourth-order valence-corrected chi connectivity index (χ4v) is 0.335. The summed E-state index contributed by atoms with van der Waals surface area (Å²) in [6.07, 6.45) is 0.400. The van der Waals surface area contributed by atoms with Crippen LogP contribution in [0.25, 0.3) is 0 Å². The lowest BCUT2D eigenvalue weighted by Crippen LogP contribution is -2.06. The molecule has 1 saturated heterocycles. The maximum atomic E-state index is 9.57. The Bertz CT molecular complexity index is 123. The van der Waals surface area contributed by atoms with Crippen LogP contribution < -0.4 is 0 Å². The van der Waals surface area contributed by atoms with Gasteiger partial charge in [0.15, 0.2) is 0 Å². The van der Waals surface area contributed by atoms with Crippen LogP contribution in [0, 0.1) is 0 Å². The van der Waals surface area contributed by atoms with Gasteiger partial charge in [-0.15, -0.1) is 23.2 Å². The van der Waals surface area contributed by atoms with Crippen molar-refractivity contribution in [3.63, 3.8) is 0 Å². The number of carboxylic acid groups (broad SMARTS) is 1. The molecule has 0 saturated carbocycles. The zero-order chi connectivity index (χ0) is 8.85. The number of alkyl halides is 2. The molecule has 0 aliphatic carbocycles. The van der Waals surface area contributed by atoms with Crippen molar-refractivity contribution in [2.75, 3.05) is 12.5 Å². The second-order valence-electron chi connectivity index (χ2n) is 2.06. The Morgan fingerprint density at radius 3 is 2.27 bits per heavy atom. The molecule has 1 fully saturated rings. The minimum absolute atomic E-state index is 0.400. The number of hydrogen-bond donors (Lipinski definition) is 1. The lowest BCUT2D eigenvalue weighted by atomic mass is 10.5. The molecule has 2 unspecified atom stereocenters. The predicted octanol–water partition coefficient (Wildman–Crippen LogP) is 1.32. The van der Waals surface area contributed by atoms with Gasteiger partial charge in [-0.05, 0) is 6.92 Å². The molecule has 0 spiro atoms. The van der Waals surface area contributed by atoms with Crippen molar-refractivity contribution in [1.29, 1.82) is 0 Å². The topological polar surface area (TPSA) is 49.8 Å². The maximum Gasteiger partial charge on any atom is 0.321 e. The number of aliphatic carboxylic acids is 1. The van der Waals surface area contributed by atoms with Gasteiger partial charge in [0.1, 0.15) is 5.38 Å². The third kappa shape index (κ3) is 7.91. The summed E-state index contributed by atoms with van der Waals surface area (Å²) in [5.74, 6) is -0.309. The van der Waals surface area contributed by atoms with Crippen LogP contribution in [0.2, 0.25) is 0 Å². The molecule has 0 aromatic rings. The number of carboxylic acids is 1. The van der Waals surface area contributed by atoms with Crippen LogP contribution in [0.4, 0.5) is 0 Å². The molecular weight excluding hydrogens is 191 g/mol. The molecule has 0 amide bonds. The highest BCUT2D eigenvalue weighted by atomic mass is 35.5. The number of ether oxygens (including phenoxy) is 1. The van der Waals surface area contributed by atoms with E-state index < -0.39 is 11.3 Å². The van der Waals surface area contributed by atoms with E-state index in [0.717, 1.165) is 6.61 Å². The van der Waals surface area contributed by atoms with Crippen LogP contribution >= 0.6 is 23.2 Å². The second kappa shape index (κ2) is 5.63. The molecule has 0 radical (unpaired) electrons. The van der Waals surface area contributed by atoms with E-state index in [0.29, 0.717) is 12.0 Å². The average Bonchev–Trinajstić information content (AvgIpc) is 2.70. The minimum atomic E-state index is -0.975. The molecule has 1 N–H and O–H groups in total. The third-order valence-corrected chi connectivity index (χ3v) is 1.45. The highest BCUT2D eigenvalue weighted by molar-refractivity contribution is 6.29. The Hall–Kier alpha value is 0.01000. The first-order valence-electron chi connectivity index (χ1n) is 3.12. The zero-order valence-corrected chi connectivity index (χ0v) is 7.60. The number of carbonyl (C=O) groups is 1. The van der Waals surface area contributed by atoms with E-state index in [1.165, 1.54) is 6.92 Å². The Labute approximate surface area is 75.2 Å². The summed E-state index contributed by atoms with van der Waals surface area (Å²) in [7, 11) is 0. The molecular formula is C6H10Cl2O3. The standard InChI is InChI=1S/C3H5ClO2.C3H5ClO/c1-2(4)3(5)6;4-1-3-2-5-3/h2H,1H3,(H,5,6);3H,1-2H2. The highest BCUT2D eigenvalue weighted by Crippen LogP contribution is 2.08. The predicted molar refractivity (Wildman–Crippen MR) is 43.4 cm³/mol. The fraction of sp³-hybridized carbons (Fsp3) is 0.833. The van der Waals surface area contributed by atoms with Gasteiger partial charge in [0.25, 0.3) is 0 Å².